The fraction of sp³-hybridized carbons (Fsp3) is 0.0714. The van der Waals surface area contributed by atoms with Crippen molar-refractivity contribution in [2.24, 2.45) is 0 Å². The summed E-state index contributed by atoms with van der Waals surface area (Å²) in [6, 6.07) is 8.15. The topological polar surface area (TPSA) is 68.0 Å². The van der Waals surface area contributed by atoms with Crippen molar-refractivity contribution in [3.63, 3.8) is 0 Å². The summed E-state index contributed by atoms with van der Waals surface area (Å²) in [6.07, 6.45) is 0. The largest absolute Gasteiger partial charge is 0.478 e. The number of carboxylic acid groups (broad SMARTS) is 1. The molecule has 1 heterocycles. The molecule has 3 aromatic rings. The normalized spacial score (nSPS) is 11.0. The van der Waals surface area contributed by atoms with Gasteiger partial charge in [0, 0.05) is 5.02 Å². The van der Waals surface area contributed by atoms with Crippen LogP contribution >= 0.6 is 23.2 Å². The molecule has 0 spiro atoms. The molecular formula is C14H9Cl2N3O2. The summed E-state index contributed by atoms with van der Waals surface area (Å²) in [5.74, 6) is -1.06. The molecule has 7 heteroatoms. The van der Waals surface area contributed by atoms with Crippen molar-refractivity contribution in [3.05, 3.63) is 51.5 Å². The number of aryl methyl sites for hydroxylation is 1. The number of para-hydroxylation sites is 1. The van der Waals surface area contributed by atoms with Gasteiger partial charge >= 0.3 is 5.97 Å². The molecule has 0 saturated carbocycles. The fourth-order valence-corrected chi connectivity index (χ4v) is 2.57. The van der Waals surface area contributed by atoms with Crippen LogP contribution < -0.4 is 0 Å². The zero-order valence-electron chi connectivity index (χ0n) is 10.8. The molecule has 0 fully saturated rings. The van der Waals surface area contributed by atoms with Gasteiger partial charge in [-0.15, -0.1) is 5.10 Å². The third-order valence-electron chi connectivity index (χ3n) is 3.16. The first-order chi connectivity index (χ1) is 9.99. The summed E-state index contributed by atoms with van der Waals surface area (Å²) in [5.41, 5.74) is 2.27. The van der Waals surface area contributed by atoms with E-state index in [1.165, 1.54) is 10.7 Å². The second-order valence-corrected chi connectivity index (χ2v) is 5.35. The zero-order chi connectivity index (χ0) is 15.1. The minimum Gasteiger partial charge on any atom is -0.478 e. The number of benzene rings is 2. The summed E-state index contributed by atoms with van der Waals surface area (Å²) < 4.78 is 1.40. The smallest absolute Gasteiger partial charge is 0.337 e. The van der Waals surface area contributed by atoms with Gasteiger partial charge in [-0.05, 0) is 36.8 Å². The Morgan fingerprint density at radius 3 is 2.71 bits per heavy atom. The number of hydrogen-bond acceptors (Lipinski definition) is 3. The predicted molar refractivity (Wildman–Crippen MR) is 80.6 cm³/mol. The van der Waals surface area contributed by atoms with Crippen LogP contribution in [0, 0.1) is 6.92 Å². The summed E-state index contributed by atoms with van der Waals surface area (Å²) in [6.45, 7) is 1.83. The molecular weight excluding hydrogens is 313 g/mol. The van der Waals surface area contributed by atoms with E-state index in [9.17, 15) is 9.90 Å². The van der Waals surface area contributed by atoms with Crippen LogP contribution in [0.3, 0.4) is 0 Å². The van der Waals surface area contributed by atoms with Crippen molar-refractivity contribution in [1.29, 1.82) is 0 Å². The lowest BCUT2D eigenvalue weighted by atomic mass is 10.1. The van der Waals surface area contributed by atoms with E-state index in [0.29, 0.717) is 26.8 Å². The third kappa shape index (κ3) is 2.24. The number of aromatic nitrogens is 3. The minimum absolute atomic E-state index is 0.102. The first kappa shape index (κ1) is 13.9. The van der Waals surface area contributed by atoms with Gasteiger partial charge in [-0.2, -0.15) is 0 Å². The molecule has 5 nitrogen and oxygen atoms in total. The van der Waals surface area contributed by atoms with Gasteiger partial charge in [0.2, 0.25) is 0 Å². The Morgan fingerprint density at radius 1 is 1.24 bits per heavy atom. The maximum Gasteiger partial charge on any atom is 0.337 e. The lowest BCUT2D eigenvalue weighted by Gasteiger charge is -2.08. The van der Waals surface area contributed by atoms with E-state index >= 15 is 0 Å². The van der Waals surface area contributed by atoms with E-state index in [-0.39, 0.29) is 5.56 Å². The molecule has 0 saturated heterocycles. The van der Waals surface area contributed by atoms with E-state index in [1.54, 1.807) is 24.3 Å². The van der Waals surface area contributed by atoms with E-state index in [2.05, 4.69) is 10.3 Å². The standard InChI is InChI=1S/C14H9Cl2N3O2/c1-7-5-10(16)12(6-9(7)15)19-13-8(14(20)21)3-2-4-11(13)17-18-19/h2-6H,1H3,(H,20,21). The molecule has 2 aromatic carbocycles. The highest BCUT2D eigenvalue weighted by Crippen LogP contribution is 2.30. The molecule has 0 aliphatic carbocycles. The molecule has 21 heavy (non-hydrogen) atoms. The van der Waals surface area contributed by atoms with Crippen LogP contribution in [0.4, 0.5) is 0 Å². The number of nitrogens with zero attached hydrogens (tertiary/aromatic N) is 3. The monoisotopic (exact) mass is 321 g/mol. The maximum atomic E-state index is 11.4. The average molecular weight is 322 g/mol. The predicted octanol–water partition coefficient (Wildman–Crippen LogP) is 3.73. The summed E-state index contributed by atoms with van der Waals surface area (Å²) in [7, 11) is 0. The number of aromatic carboxylic acids is 1. The van der Waals surface area contributed by atoms with Crippen molar-refractivity contribution >= 4 is 40.2 Å². The molecule has 0 aliphatic rings. The molecule has 0 bridgehead atoms. The van der Waals surface area contributed by atoms with Crippen molar-refractivity contribution in [2.75, 3.05) is 0 Å². The zero-order valence-corrected chi connectivity index (χ0v) is 12.4. The Kier molecular flexibility index (Phi) is 3.31. The van der Waals surface area contributed by atoms with Gasteiger partial charge in [0.25, 0.3) is 0 Å². The van der Waals surface area contributed by atoms with Crippen molar-refractivity contribution in [3.8, 4) is 5.69 Å². The quantitative estimate of drug-likeness (QED) is 0.780. The first-order valence-electron chi connectivity index (χ1n) is 6.03. The summed E-state index contributed by atoms with van der Waals surface area (Å²) in [4.78, 5) is 11.4. The van der Waals surface area contributed by atoms with Gasteiger partial charge in [-0.3, -0.25) is 0 Å². The van der Waals surface area contributed by atoms with Gasteiger partial charge < -0.3 is 5.11 Å². The Labute approximate surface area is 129 Å². The molecule has 0 amide bonds. The second kappa shape index (κ2) is 5.02. The SMILES string of the molecule is Cc1cc(Cl)c(-n2nnc3cccc(C(=O)O)c32)cc1Cl. The average Bonchev–Trinajstić information content (AvgIpc) is 2.86. The highest BCUT2D eigenvalue weighted by molar-refractivity contribution is 6.35. The van der Waals surface area contributed by atoms with Gasteiger partial charge in [-0.1, -0.05) is 34.5 Å². The Hall–Kier alpha value is -2.11. The number of carbonyl (C=O) groups is 1. The molecule has 0 aliphatic heterocycles. The highest BCUT2D eigenvalue weighted by atomic mass is 35.5. The lowest BCUT2D eigenvalue weighted by molar-refractivity contribution is 0.0698. The van der Waals surface area contributed by atoms with E-state index in [4.69, 9.17) is 23.2 Å². The fourth-order valence-electron chi connectivity index (χ4n) is 2.11. The van der Waals surface area contributed by atoms with Gasteiger partial charge in [0.05, 0.1) is 16.3 Å². The molecule has 1 N–H and O–H groups in total. The highest BCUT2D eigenvalue weighted by Gasteiger charge is 2.17. The number of rotatable bonds is 2. The van der Waals surface area contributed by atoms with Gasteiger partial charge in [-0.25, -0.2) is 9.48 Å². The number of halogens is 2. The number of carboxylic acids is 1. The number of hydrogen-bond donors (Lipinski definition) is 1. The van der Waals surface area contributed by atoms with Crippen LogP contribution in [-0.2, 0) is 0 Å². The molecule has 0 unspecified atom stereocenters. The van der Waals surface area contributed by atoms with Crippen LogP contribution in [0.5, 0.6) is 0 Å². The second-order valence-electron chi connectivity index (χ2n) is 4.53. The van der Waals surface area contributed by atoms with Crippen LogP contribution in [0.25, 0.3) is 16.7 Å². The molecule has 1 aromatic heterocycles. The Morgan fingerprint density at radius 2 is 2.00 bits per heavy atom. The van der Waals surface area contributed by atoms with Crippen molar-refractivity contribution < 1.29 is 9.90 Å². The minimum atomic E-state index is -1.06. The number of fused-ring (bicyclic) bond motifs is 1. The van der Waals surface area contributed by atoms with E-state index in [0.717, 1.165) is 5.56 Å². The molecule has 0 radical (unpaired) electrons. The van der Waals surface area contributed by atoms with E-state index in [1.807, 2.05) is 6.92 Å². The summed E-state index contributed by atoms with van der Waals surface area (Å²) >= 11 is 12.4. The van der Waals surface area contributed by atoms with Crippen LogP contribution in [-0.4, -0.2) is 26.1 Å². The Bertz CT molecular complexity index is 874. The third-order valence-corrected chi connectivity index (χ3v) is 3.87. The van der Waals surface area contributed by atoms with Crippen LogP contribution in [0.2, 0.25) is 10.0 Å². The van der Waals surface area contributed by atoms with Gasteiger partial charge in [0.1, 0.15) is 11.0 Å². The first-order valence-corrected chi connectivity index (χ1v) is 6.78. The van der Waals surface area contributed by atoms with Crippen molar-refractivity contribution in [2.45, 2.75) is 6.92 Å². The molecule has 0 atom stereocenters. The maximum absolute atomic E-state index is 11.4. The Balaban J connectivity index is 2.36. The summed E-state index contributed by atoms with van der Waals surface area (Å²) in [5, 5.41) is 18.2. The van der Waals surface area contributed by atoms with E-state index < -0.39 is 5.97 Å². The van der Waals surface area contributed by atoms with Crippen LogP contribution in [0.15, 0.2) is 30.3 Å². The molecule has 106 valence electrons. The van der Waals surface area contributed by atoms with Crippen molar-refractivity contribution in [1.82, 2.24) is 15.0 Å². The molecule has 3 rings (SSSR count). The lowest BCUT2D eigenvalue weighted by Crippen LogP contribution is -2.04. The van der Waals surface area contributed by atoms with Gasteiger partial charge in [0.15, 0.2) is 0 Å². The van der Waals surface area contributed by atoms with Crippen LogP contribution in [0.1, 0.15) is 15.9 Å².